The van der Waals surface area contributed by atoms with Gasteiger partial charge in [0, 0.05) is 11.2 Å². The Balaban J connectivity index is 1.88. The number of benzene rings is 1. The molecule has 0 aromatic heterocycles. The molecule has 1 heterocycles. The van der Waals surface area contributed by atoms with Crippen molar-refractivity contribution < 1.29 is 4.74 Å². The summed E-state index contributed by atoms with van der Waals surface area (Å²) in [5.41, 5.74) is 2.80. The van der Waals surface area contributed by atoms with E-state index in [-0.39, 0.29) is 0 Å². The molecular weight excluding hydrogens is 228 g/mol. The van der Waals surface area contributed by atoms with Gasteiger partial charge in [-0.2, -0.15) is 11.8 Å². The summed E-state index contributed by atoms with van der Waals surface area (Å²) in [6.07, 6.45) is 3.18. The number of ether oxygens (including phenoxy) is 1. The zero-order valence-corrected chi connectivity index (χ0v) is 11.4. The van der Waals surface area contributed by atoms with Crippen LogP contribution in [-0.4, -0.2) is 18.1 Å². The molecule has 0 amide bonds. The highest BCUT2D eigenvalue weighted by atomic mass is 32.2. The van der Waals surface area contributed by atoms with E-state index < -0.39 is 0 Å². The fourth-order valence-corrected chi connectivity index (χ4v) is 3.46. The summed E-state index contributed by atoms with van der Waals surface area (Å²) in [5.74, 6) is 2.51. The Morgan fingerprint density at radius 3 is 2.82 bits per heavy atom. The standard InChI is InChI=1S/C15H20OS/c1-13(14-6-4-3-5-7-14)10-16-11-15(2)8-9-17-12-15/h3-7,10H,8-9,11-12H2,1-2H3/b13-10-. The second kappa shape index (κ2) is 5.63. The van der Waals surface area contributed by atoms with Gasteiger partial charge in [-0.1, -0.05) is 37.3 Å². The van der Waals surface area contributed by atoms with Crippen molar-refractivity contribution in [3.8, 4) is 0 Å². The van der Waals surface area contributed by atoms with Gasteiger partial charge in [-0.3, -0.25) is 0 Å². The van der Waals surface area contributed by atoms with Gasteiger partial charge in [0.25, 0.3) is 0 Å². The van der Waals surface area contributed by atoms with Crippen LogP contribution >= 0.6 is 11.8 Å². The lowest BCUT2D eigenvalue weighted by Crippen LogP contribution is -2.21. The van der Waals surface area contributed by atoms with Gasteiger partial charge >= 0.3 is 0 Å². The molecule has 0 bridgehead atoms. The summed E-state index contributed by atoms with van der Waals surface area (Å²) in [6, 6.07) is 10.4. The van der Waals surface area contributed by atoms with E-state index in [1.807, 2.05) is 24.1 Å². The first-order chi connectivity index (χ1) is 8.20. The summed E-state index contributed by atoms with van der Waals surface area (Å²) in [6.45, 7) is 5.25. The molecule has 2 rings (SSSR count). The van der Waals surface area contributed by atoms with E-state index in [0.717, 1.165) is 6.61 Å². The van der Waals surface area contributed by atoms with Gasteiger partial charge in [0.1, 0.15) is 0 Å². The van der Waals surface area contributed by atoms with Crippen LogP contribution in [0.5, 0.6) is 0 Å². The predicted molar refractivity (Wildman–Crippen MR) is 76.1 cm³/mol. The van der Waals surface area contributed by atoms with Crippen LogP contribution < -0.4 is 0 Å². The zero-order chi connectivity index (χ0) is 12.1. The average Bonchev–Trinajstić information content (AvgIpc) is 2.77. The van der Waals surface area contributed by atoms with E-state index >= 15 is 0 Å². The Morgan fingerprint density at radius 2 is 2.18 bits per heavy atom. The molecule has 1 aliphatic heterocycles. The van der Waals surface area contributed by atoms with E-state index in [1.54, 1.807) is 0 Å². The van der Waals surface area contributed by atoms with Crippen molar-refractivity contribution in [3.05, 3.63) is 42.2 Å². The van der Waals surface area contributed by atoms with Crippen LogP contribution in [0.25, 0.3) is 5.57 Å². The minimum Gasteiger partial charge on any atom is -0.500 e. The third kappa shape index (κ3) is 3.53. The molecule has 0 radical (unpaired) electrons. The monoisotopic (exact) mass is 248 g/mol. The zero-order valence-electron chi connectivity index (χ0n) is 10.6. The molecule has 1 nitrogen and oxygen atoms in total. The fraction of sp³-hybridized carbons (Fsp3) is 0.467. The Labute approximate surface area is 108 Å². The fourth-order valence-electron chi connectivity index (χ4n) is 1.96. The van der Waals surface area contributed by atoms with Crippen molar-refractivity contribution in [2.24, 2.45) is 5.41 Å². The Bertz CT molecular complexity index is 377. The van der Waals surface area contributed by atoms with Crippen LogP contribution in [0.3, 0.4) is 0 Å². The topological polar surface area (TPSA) is 9.23 Å². The first-order valence-electron chi connectivity index (χ1n) is 6.11. The van der Waals surface area contributed by atoms with Crippen molar-refractivity contribution in [1.82, 2.24) is 0 Å². The highest BCUT2D eigenvalue weighted by Crippen LogP contribution is 2.35. The highest BCUT2D eigenvalue weighted by molar-refractivity contribution is 7.99. The number of allylic oxidation sites excluding steroid dienone is 1. The molecule has 1 atom stereocenters. The Hall–Kier alpha value is -0.890. The number of hydrogen-bond donors (Lipinski definition) is 0. The maximum atomic E-state index is 5.76. The molecule has 0 aliphatic carbocycles. The van der Waals surface area contributed by atoms with E-state index in [9.17, 15) is 0 Å². The number of thioether (sulfide) groups is 1. The third-order valence-electron chi connectivity index (χ3n) is 3.22. The quantitative estimate of drug-likeness (QED) is 0.738. The number of rotatable bonds is 4. The summed E-state index contributed by atoms with van der Waals surface area (Å²) in [4.78, 5) is 0. The lowest BCUT2D eigenvalue weighted by atomic mass is 9.92. The molecule has 2 heteroatoms. The molecule has 1 aromatic carbocycles. The minimum absolute atomic E-state index is 0.373. The van der Waals surface area contributed by atoms with Crippen LogP contribution in [0.2, 0.25) is 0 Å². The van der Waals surface area contributed by atoms with Crippen molar-refractivity contribution in [3.63, 3.8) is 0 Å². The van der Waals surface area contributed by atoms with Gasteiger partial charge in [0.05, 0.1) is 12.9 Å². The first-order valence-corrected chi connectivity index (χ1v) is 7.27. The van der Waals surface area contributed by atoms with E-state index in [0.29, 0.717) is 5.41 Å². The van der Waals surface area contributed by atoms with Gasteiger partial charge in [-0.25, -0.2) is 0 Å². The minimum atomic E-state index is 0.373. The van der Waals surface area contributed by atoms with Crippen molar-refractivity contribution in [2.75, 3.05) is 18.1 Å². The van der Waals surface area contributed by atoms with E-state index in [1.165, 1.54) is 29.1 Å². The average molecular weight is 248 g/mol. The molecule has 0 N–H and O–H groups in total. The lowest BCUT2D eigenvalue weighted by Gasteiger charge is -2.21. The summed E-state index contributed by atoms with van der Waals surface area (Å²) in [7, 11) is 0. The predicted octanol–water partition coefficient (Wildman–Crippen LogP) is 4.21. The Morgan fingerprint density at radius 1 is 1.41 bits per heavy atom. The van der Waals surface area contributed by atoms with Gasteiger partial charge < -0.3 is 4.74 Å². The van der Waals surface area contributed by atoms with Crippen molar-refractivity contribution in [2.45, 2.75) is 20.3 Å². The summed E-state index contributed by atoms with van der Waals surface area (Å²) < 4.78 is 5.76. The summed E-state index contributed by atoms with van der Waals surface area (Å²) in [5, 5.41) is 0. The van der Waals surface area contributed by atoms with Gasteiger partial charge in [0.2, 0.25) is 0 Å². The van der Waals surface area contributed by atoms with E-state index in [4.69, 9.17) is 4.74 Å². The van der Waals surface area contributed by atoms with Crippen LogP contribution in [0.4, 0.5) is 0 Å². The van der Waals surface area contributed by atoms with Gasteiger partial charge in [0.15, 0.2) is 0 Å². The van der Waals surface area contributed by atoms with Crippen LogP contribution in [-0.2, 0) is 4.74 Å². The number of hydrogen-bond acceptors (Lipinski definition) is 2. The molecule has 92 valence electrons. The Kier molecular flexibility index (Phi) is 4.16. The molecule has 0 spiro atoms. The van der Waals surface area contributed by atoms with Crippen LogP contribution in [0.15, 0.2) is 36.6 Å². The van der Waals surface area contributed by atoms with Gasteiger partial charge in [-0.05, 0) is 30.2 Å². The third-order valence-corrected chi connectivity index (χ3v) is 4.62. The van der Waals surface area contributed by atoms with Crippen molar-refractivity contribution in [1.29, 1.82) is 0 Å². The molecule has 17 heavy (non-hydrogen) atoms. The smallest absolute Gasteiger partial charge is 0.0935 e. The maximum Gasteiger partial charge on any atom is 0.0935 e. The molecule has 1 aliphatic rings. The second-order valence-corrected chi connectivity index (χ2v) is 6.20. The van der Waals surface area contributed by atoms with Crippen molar-refractivity contribution >= 4 is 17.3 Å². The van der Waals surface area contributed by atoms with E-state index in [2.05, 4.69) is 38.1 Å². The summed E-state index contributed by atoms with van der Waals surface area (Å²) >= 11 is 2.04. The molecular formula is C15H20OS. The van der Waals surface area contributed by atoms with Crippen LogP contribution in [0, 0.1) is 5.41 Å². The largest absolute Gasteiger partial charge is 0.500 e. The molecule has 0 saturated carbocycles. The highest BCUT2D eigenvalue weighted by Gasteiger charge is 2.29. The SMILES string of the molecule is C/C(=C/OCC1(C)CCSC1)c1ccccc1. The molecule has 1 unspecified atom stereocenters. The lowest BCUT2D eigenvalue weighted by molar-refractivity contribution is 0.143. The first kappa shape index (κ1) is 12.6. The second-order valence-electron chi connectivity index (χ2n) is 5.09. The molecule has 1 fully saturated rings. The normalized spacial score (nSPS) is 24.9. The molecule has 1 aromatic rings. The molecule has 1 saturated heterocycles. The van der Waals surface area contributed by atoms with Gasteiger partial charge in [-0.15, -0.1) is 0 Å². The maximum absolute atomic E-state index is 5.76. The van der Waals surface area contributed by atoms with Crippen LogP contribution in [0.1, 0.15) is 25.8 Å².